The lowest BCUT2D eigenvalue weighted by Crippen LogP contribution is -2.14. The molecule has 0 radical (unpaired) electrons. The minimum atomic E-state index is -1.10. The van der Waals surface area contributed by atoms with Gasteiger partial charge in [-0.05, 0) is 35.9 Å². The summed E-state index contributed by atoms with van der Waals surface area (Å²) in [5.41, 5.74) is 1.99. The maximum Gasteiger partial charge on any atom is 0.337 e. The lowest BCUT2D eigenvalue weighted by Gasteiger charge is -2.10. The molecule has 2 aromatic carbocycles. The molecule has 0 aliphatic heterocycles. The van der Waals surface area contributed by atoms with Crippen LogP contribution in [0.2, 0.25) is 0 Å². The number of methoxy groups -OCH3 is 1. The number of carboxylic acids is 1. The van der Waals surface area contributed by atoms with Gasteiger partial charge in [0.2, 0.25) is 5.91 Å². The number of carbonyl (C=O) groups is 2. The van der Waals surface area contributed by atoms with Gasteiger partial charge in [0.15, 0.2) is 0 Å². The van der Waals surface area contributed by atoms with Gasteiger partial charge in [0.1, 0.15) is 5.75 Å². The van der Waals surface area contributed by atoms with Crippen LogP contribution in [0.15, 0.2) is 48.5 Å². The third-order valence-corrected chi connectivity index (χ3v) is 3.69. The molecule has 0 aromatic heterocycles. The molecule has 3 N–H and O–H groups in total. The Bertz CT molecular complexity index is 897. The van der Waals surface area contributed by atoms with Crippen LogP contribution < -0.4 is 15.4 Å². The van der Waals surface area contributed by atoms with E-state index in [1.165, 1.54) is 18.2 Å². The Morgan fingerprint density at radius 3 is 2.74 bits per heavy atom. The van der Waals surface area contributed by atoms with Crippen molar-refractivity contribution in [2.24, 2.45) is 0 Å². The minimum Gasteiger partial charge on any atom is -0.496 e. The van der Waals surface area contributed by atoms with Gasteiger partial charge >= 0.3 is 5.97 Å². The van der Waals surface area contributed by atoms with Crippen molar-refractivity contribution in [1.82, 2.24) is 5.32 Å². The van der Waals surface area contributed by atoms with Crippen molar-refractivity contribution in [3.05, 3.63) is 65.2 Å². The van der Waals surface area contributed by atoms with Crippen molar-refractivity contribution in [3.8, 4) is 18.1 Å². The number of nitrogens with one attached hydrogen (secondary N) is 2. The van der Waals surface area contributed by atoms with Crippen molar-refractivity contribution in [3.63, 3.8) is 0 Å². The summed E-state index contributed by atoms with van der Waals surface area (Å²) in [6.07, 6.45) is 8.22. The predicted octanol–water partition coefficient (Wildman–Crippen LogP) is 2.77. The molecule has 0 aliphatic carbocycles. The number of hydrogen-bond donors (Lipinski definition) is 3. The number of anilines is 1. The molecule has 0 unspecified atom stereocenters. The first-order chi connectivity index (χ1) is 13.0. The van der Waals surface area contributed by atoms with E-state index in [0.29, 0.717) is 13.1 Å². The van der Waals surface area contributed by atoms with Crippen LogP contribution in [0.4, 0.5) is 5.69 Å². The first kappa shape index (κ1) is 19.8. The van der Waals surface area contributed by atoms with Crippen LogP contribution in [0.1, 0.15) is 21.5 Å². The van der Waals surface area contributed by atoms with Crippen molar-refractivity contribution in [2.45, 2.75) is 6.54 Å². The van der Waals surface area contributed by atoms with Crippen LogP contribution in [0, 0.1) is 12.3 Å². The first-order valence-electron chi connectivity index (χ1n) is 8.17. The van der Waals surface area contributed by atoms with Crippen molar-refractivity contribution in [2.75, 3.05) is 19.0 Å². The third kappa shape index (κ3) is 5.73. The van der Waals surface area contributed by atoms with Gasteiger partial charge in [0.05, 0.1) is 24.9 Å². The first-order valence-corrected chi connectivity index (χ1v) is 8.17. The van der Waals surface area contributed by atoms with E-state index in [1.807, 2.05) is 18.2 Å². The van der Waals surface area contributed by atoms with Crippen LogP contribution in [-0.2, 0) is 11.3 Å². The number of benzene rings is 2. The largest absolute Gasteiger partial charge is 0.496 e. The summed E-state index contributed by atoms with van der Waals surface area (Å²) in [7, 11) is 1.59. The third-order valence-electron chi connectivity index (χ3n) is 3.69. The van der Waals surface area contributed by atoms with Gasteiger partial charge in [0, 0.05) is 18.2 Å². The van der Waals surface area contributed by atoms with Gasteiger partial charge in [-0.3, -0.25) is 4.79 Å². The number of para-hydroxylation sites is 1. The van der Waals surface area contributed by atoms with E-state index in [9.17, 15) is 9.59 Å². The molecule has 0 bridgehead atoms. The van der Waals surface area contributed by atoms with Gasteiger partial charge in [-0.25, -0.2) is 4.79 Å². The zero-order valence-corrected chi connectivity index (χ0v) is 14.9. The monoisotopic (exact) mass is 364 g/mol. The molecule has 0 saturated carbocycles. The average Bonchev–Trinajstić information content (AvgIpc) is 2.67. The highest BCUT2D eigenvalue weighted by atomic mass is 16.5. The van der Waals surface area contributed by atoms with Crippen molar-refractivity contribution in [1.29, 1.82) is 0 Å². The highest BCUT2D eigenvalue weighted by Crippen LogP contribution is 2.21. The fourth-order valence-electron chi connectivity index (χ4n) is 2.43. The Balaban J connectivity index is 2.11. The molecule has 1 amide bonds. The second-order valence-electron chi connectivity index (χ2n) is 5.55. The Morgan fingerprint density at radius 2 is 2.04 bits per heavy atom. The SMILES string of the molecule is C#CCNCc1cc(C=CC(=O)Nc2ccccc2C(=O)O)ccc1OC. The molecule has 138 valence electrons. The molecule has 0 saturated heterocycles. The Labute approximate surface area is 157 Å². The summed E-state index contributed by atoms with van der Waals surface area (Å²) in [6.45, 7) is 0.974. The fourth-order valence-corrected chi connectivity index (χ4v) is 2.43. The molecule has 0 fully saturated rings. The fraction of sp³-hybridized carbons (Fsp3) is 0.143. The van der Waals surface area contributed by atoms with Crippen molar-refractivity contribution < 1.29 is 19.4 Å². The smallest absolute Gasteiger partial charge is 0.337 e. The van der Waals surface area contributed by atoms with Crippen molar-refractivity contribution >= 4 is 23.6 Å². The van der Waals surface area contributed by atoms with Gasteiger partial charge in [-0.1, -0.05) is 24.1 Å². The predicted molar refractivity (Wildman–Crippen MR) is 105 cm³/mol. The maximum atomic E-state index is 12.1. The maximum absolute atomic E-state index is 12.1. The molecule has 6 heteroatoms. The number of hydrogen-bond acceptors (Lipinski definition) is 4. The number of ether oxygens (including phenoxy) is 1. The molecular formula is C21H20N2O4. The summed E-state index contributed by atoms with van der Waals surface area (Å²) in [6, 6.07) is 11.7. The van der Waals surface area contributed by atoms with Gasteiger partial charge in [-0.15, -0.1) is 6.42 Å². The lowest BCUT2D eigenvalue weighted by molar-refractivity contribution is -0.111. The van der Waals surface area contributed by atoms with E-state index < -0.39 is 11.9 Å². The highest BCUT2D eigenvalue weighted by molar-refractivity contribution is 6.06. The van der Waals surface area contributed by atoms with E-state index in [2.05, 4.69) is 16.6 Å². The summed E-state index contributed by atoms with van der Waals surface area (Å²) in [4.78, 5) is 23.3. The molecule has 27 heavy (non-hydrogen) atoms. The summed E-state index contributed by atoms with van der Waals surface area (Å²) in [5, 5.41) is 14.8. The van der Waals surface area contributed by atoms with E-state index in [4.69, 9.17) is 16.3 Å². The molecule has 6 nitrogen and oxygen atoms in total. The van der Waals surface area contributed by atoms with E-state index in [1.54, 1.807) is 25.3 Å². The molecule has 0 atom stereocenters. The summed E-state index contributed by atoms with van der Waals surface area (Å²) >= 11 is 0. The quantitative estimate of drug-likeness (QED) is 0.381. The Kier molecular flexibility index (Phi) is 7.17. The minimum absolute atomic E-state index is 0.0329. The van der Waals surface area contributed by atoms with Crippen LogP contribution in [-0.4, -0.2) is 30.6 Å². The van der Waals surface area contributed by atoms with Gasteiger partial charge < -0.3 is 20.5 Å². The number of amides is 1. The molecule has 0 spiro atoms. The van der Waals surface area contributed by atoms with Gasteiger partial charge in [-0.2, -0.15) is 0 Å². The molecule has 2 aromatic rings. The lowest BCUT2D eigenvalue weighted by atomic mass is 10.1. The standard InChI is InChI=1S/C21H20N2O4/c1-3-12-22-14-16-13-15(8-10-19(16)27-2)9-11-20(24)23-18-7-5-4-6-17(18)21(25)26/h1,4-11,13,22H,12,14H2,2H3,(H,23,24)(H,25,26). The summed E-state index contributed by atoms with van der Waals surface area (Å²) in [5.74, 6) is 1.70. The van der Waals surface area contributed by atoms with E-state index in [0.717, 1.165) is 16.9 Å². The second-order valence-corrected chi connectivity index (χ2v) is 5.55. The number of rotatable bonds is 8. The van der Waals surface area contributed by atoms with Crippen LogP contribution in [0.5, 0.6) is 5.75 Å². The zero-order valence-electron chi connectivity index (χ0n) is 14.9. The Morgan fingerprint density at radius 1 is 1.26 bits per heavy atom. The molecule has 0 aliphatic rings. The van der Waals surface area contributed by atoms with Gasteiger partial charge in [0.25, 0.3) is 0 Å². The zero-order chi connectivity index (χ0) is 19.6. The van der Waals surface area contributed by atoms with Crippen LogP contribution in [0.25, 0.3) is 6.08 Å². The number of aromatic carboxylic acids is 1. The van der Waals surface area contributed by atoms with Crippen LogP contribution >= 0.6 is 0 Å². The molecular weight excluding hydrogens is 344 g/mol. The average molecular weight is 364 g/mol. The molecule has 0 heterocycles. The van der Waals surface area contributed by atoms with E-state index in [-0.39, 0.29) is 11.3 Å². The number of carboxylic acid groups (broad SMARTS) is 1. The molecule has 2 rings (SSSR count). The highest BCUT2D eigenvalue weighted by Gasteiger charge is 2.10. The summed E-state index contributed by atoms with van der Waals surface area (Å²) < 4.78 is 5.32. The second kappa shape index (κ2) is 9.80. The normalized spacial score (nSPS) is 10.4. The van der Waals surface area contributed by atoms with E-state index >= 15 is 0 Å². The number of terminal acetylenes is 1. The Hall–Kier alpha value is -3.56. The number of carbonyl (C=O) groups excluding carboxylic acids is 1. The topological polar surface area (TPSA) is 87.7 Å². The van der Waals surface area contributed by atoms with Crippen LogP contribution in [0.3, 0.4) is 0 Å².